The van der Waals surface area contributed by atoms with Crippen molar-refractivity contribution in [1.29, 1.82) is 0 Å². The number of benzene rings is 1. The van der Waals surface area contributed by atoms with E-state index in [4.69, 9.17) is 14.0 Å². The van der Waals surface area contributed by atoms with Crippen molar-refractivity contribution in [2.75, 3.05) is 7.11 Å². The number of methoxy groups -OCH3 is 1. The SMILES string of the molecule is CC[C@@H](O[C@@]12CC[C@@H](c3cc(-c4c(F)cccc4F)nnc31)C2(C)C)c1nc(COC)no1. The monoisotopic (exact) mass is 456 g/mol. The van der Waals surface area contributed by atoms with Crippen LogP contribution >= 0.6 is 0 Å². The van der Waals surface area contributed by atoms with E-state index in [1.165, 1.54) is 18.2 Å². The summed E-state index contributed by atoms with van der Waals surface area (Å²) in [5.41, 5.74) is 0.656. The molecule has 0 N–H and O–H groups in total. The number of rotatable bonds is 7. The van der Waals surface area contributed by atoms with Gasteiger partial charge in [0.25, 0.3) is 5.89 Å². The summed E-state index contributed by atoms with van der Waals surface area (Å²) in [4.78, 5) is 4.42. The van der Waals surface area contributed by atoms with Gasteiger partial charge in [-0.15, -0.1) is 5.10 Å². The fourth-order valence-corrected chi connectivity index (χ4v) is 5.53. The maximum Gasteiger partial charge on any atom is 0.255 e. The maximum absolute atomic E-state index is 14.4. The Morgan fingerprint density at radius 2 is 1.97 bits per heavy atom. The Balaban J connectivity index is 1.55. The predicted octanol–water partition coefficient (Wildman–Crippen LogP) is 5.23. The summed E-state index contributed by atoms with van der Waals surface area (Å²) < 4.78 is 46.1. The van der Waals surface area contributed by atoms with Gasteiger partial charge in [0.1, 0.15) is 29.9 Å². The third kappa shape index (κ3) is 3.20. The van der Waals surface area contributed by atoms with E-state index < -0.39 is 23.3 Å². The van der Waals surface area contributed by atoms with Crippen LogP contribution in [0.1, 0.15) is 75.0 Å². The van der Waals surface area contributed by atoms with Crippen molar-refractivity contribution in [3.05, 3.63) is 58.9 Å². The van der Waals surface area contributed by atoms with Crippen LogP contribution in [0.3, 0.4) is 0 Å². The first-order valence-corrected chi connectivity index (χ1v) is 11.1. The first kappa shape index (κ1) is 22.0. The van der Waals surface area contributed by atoms with Crippen molar-refractivity contribution in [2.45, 2.75) is 64.3 Å². The Hall–Kier alpha value is -2.78. The summed E-state index contributed by atoms with van der Waals surface area (Å²) in [6.45, 7) is 6.54. The molecule has 0 unspecified atom stereocenters. The highest BCUT2D eigenvalue weighted by molar-refractivity contribution is 5.63. The van der Waals surface area contributed by atoms with Crippen molar-refractivity contribution in [1.82, 2.24) is 20.3 Å². The van der Waals surface area contributed by atoms with Gasteiger partial charge < -0.3 is 14.0 Å². The van der Waals surface area contributed by atoms with E-state index in [1.807, 2.05) is 6.92 Å². The van der Waals surface area contributed by atoms with Gasteiger partial charge in [0.15, 0.2) is 5.82 Å². The van der Waals surface area contributed by atoms with E-state index in [1.54, 1.807) is 13.2 Å². The Kier molecular flexibility index (Phi) is 5.29. The third-order valence-corrected chi connectivity index (χ3v) is 7.24. The number of fused-ring (bicyclic) bond motifs is 5. The maximum atomic E-state index is 14.4. The fourth-order valence-electron chi connectivity index (χ4n) is 5.53. The van der Waals surface area contributed by atoms with Crippen molar-refractivity contribution in [3.63, 3.8) is 0 Å². The van der Waals surface area contributed by atoms with E-state index in [2.05, 4.69) is 34.2 Å². The molecular formula is C24H26F2N4O3. The lowest BCUT2D eigenvalue weighted by Crippen LogP contribution is -2.39. The molecule has 3 atom stereocenters. The highest BCUT2D eigenvalue weighted by atomic mass is 19.1. The summed E-state index contributed by atoms with van der Waals surface area (Å²) in [6, 6.07) is 5.55. The molecule has 9 heteroatoms. The minimum atomic E-state index is -0.719. The van der Waals surface area contributed by atoms with Crippen LogP contribution in [-0.2, 0) is 21.7 Å². The van der Waals surface area contributed by atoms with Crippen LogP contribution in [0.2, 0.25) is 0 Å². The second-order valence-corrected chi connectivity index (χ2v) is 9.27. The third-order valence-electron chi connectivity index (χ3n) is 7.24. The second-order valence-electron chi connectivity index (χ2n) is 9.27. The second kappa shape index (κ2) is 7.92. The Morgan fingerprint density at radius 1 is 1.21 bits per heavy atom. The van der Waals surface area contributed by atoms with Gasteiger partial charge >= 0.3 is 0 Å². The van der Waals surface area contributed by atoms with E-state index in [0.717, 1.165) is 24.1 Å². The van der Waals surface area contributed by atoms with Gasteiger partial charge in [-0.25, -0.2) is 8.78 Å². The van der Waals surface area contributed by atoms with Gasteiger partial charge in [0.05, 0.1) is 17.0 Å². The minimum Gasteiger partial charge on any atom is -0.377 e. The smallest absolute Gasteiger partial charge is 0.255 e. The van der Waals surface area contributed by atoms with Crippen LogP contribution in [-0.4, -0.2) is 27.4 Å². The number of nitrogens with zero attached hydrogens (tertiary/aromatic N) is 4. The standard InChI is InChI=1S/C24H26F2N4O3/c1-5-18(22-27-19(12-31-4)30-33-22)32-24-10-9-14(23(24,2)3)13-11-17(28-29-21(13)24)20-15(25)7-6-8-16(20)26/h6-8,11,14,18H,5,9-10,12H2,1-4H3/t14-,18+,24-/m0/s1. The molecule has 7 nitrogen and oxygen atoms in total. The molecule has 0 amide bonds. The molecule has 5 rings (SSSR count). The Morgan fingerprint density at radius 3 is 2.67 bits per heavy atom. The number of ether oxygens (including phenoxy) is 2. The van der Waals surface area contributed by atoms with Crippen LogP contribution in [0.25, 0.3) is 11.3 Å². The molecule has 3 aromatic rings. The molecule has 0 radical (unpaired) electrons. The van der Waals surface area contributed by atoms with Crippen molar-refractivity contribution in [3.8, 4) is 11.3 Å². The van der Waals surface area contributed by atoms with Crippen LogP contribution in [0.4, 0.5) is 8.78 Å². The fraction of sp³-hybridized carbons (Fsp3) is 0.500. The molecule has 2 heterocycles. The topological polar surface area (TPSA) is 83.2 Å². The zero-order chi connectivity index (χ0) is 23.4. The quantitative estimate of drug-likeness (QED) is 0.481. The number of aromatic nitrogens is 4. The molecule has 0 aliphatic heterocycles. The van der Waals surface area contributed by atoms with Crippen LogP contribution in [0.5, 0.6) is 0 Å². The van der Waals surface area contributed by atoms with E-state index in [-0.39, 0.29) is 29.2 Å². The first-order chi connectivity index (χ1) is 15.8. The summed E-state index contributed by atoms with van der Waals surface area (Å²) in [6.07, 6.45) is 1.82. The lowest BCUT2D eigenvalue weighted by Gasteiger charge is -2.39. The molecule has 2 bridgehead atoms. The molecule has 2 aromatic heterocycles. The Bertz CT molecular complexity index is 1180. The van der Waals surface area contributed by atoms with Crippen LogP contribution in [0, 0.1) is 17.0 Å². The molecule has 0 spiro atoms. The molecule has 33 heavy (non-hydrogen) atoms. The largest absolute Gasteiger partial charge is 0.377 e. The van der Waals surface area contributed by atoms with Crippen molar-refractivity contribution in [2.24, 2.45) is 5.41 Å². The predicted molar refractivity (Wildman–Crippen MR) is 114 cm³/mol. The number of hydrogen-bond acceptors (Lipinski definition) is 7. The van der Waals surface area contributed by atoms with Gasteiger partial charge in [-0.3, -0.25) is 0 Å². The van der Waals surface area contributed by atoms with Crippen molar-refractivity contribution >= 4 is 0 Å². The molecule has 174 valence electrons. The minimum absolute atomic E-state index is 0.126. The van der Waals surface area contributed by atoms with E-state index in [0.29, 0.717) is 18.1 Å². The average molecular weight is 456 g/mol. The van der Waals surface area contributed by atoms with Gasteiger partial charge in [-0.1, -0.05) is 32.0 Å². The highest BCUT2D eigenvalue weighted by Gasteiger charge is 2.65. The average Bonchev–Trinajstić information content (AvgIpc) is 3.40. The summed E-state index contributed by atoms with van der Waals surface area (Å²) in [5.74, 6) is -0.344. The Labute approximate surface area is 190 Å². The molecule has 0 saturated heterocycles. The van der Waals surface area contributed by atoms with Gasteiger partial charge in [-0.2, -0.15) is 10.1 Å². The van der Waals surface area contributed by atoms with Gasteiger partial charge in [0, 0.05) is 12.5 Å². The first-order valence-electron chi connectivity index (χ1n) is 11.1. The number of halogens is 2. The zero-order valence-electron chi connectivity index (χ0n) is 19.1. The summed E-state index contributed by atoms with van der Waals surface area (Å²) in [5, 5.41) is 12.7. The molecule has 1 fully saturated rings. The highest BCUT2D eigenvalue weighted by Crippen LogP contribution is 2.68. The molecule has 1 aromatic carbocycles. The van der Waals surface area contributed by atoms with Gasteiger partial charge in [0.2, 0.25) is 0 Å². The normalized spacial score (nSPS) is 23.6. The molecule has 1 saturated carbocycles. The van der Waals surface area contributed by atoms with Crippen LogP contribution in [0.15, 0.2) is 28.8 Å². The van der Waals surface area contributed by atoms with E-state index in [9.17, 15) is 8.78 Å². The van der Waals surface area contributed by atoms with Crippen LogP contribution < -0.4 is 0 Å². The summed E-state index contributed by atoms with van der Waals surface area (Å²) in [7, 11) is 1.57. The number of hydrogen-bond donors (Lipinski definition) is 0. The molecular weight excluding hydrogens is 430 g/mol. The van der Waals surface area contributed by atoms with E-state index >= 15 is 0 Å². The van der Waals surface area contributed by atoms with Crippen molar-refractivity contribution < 1.29 is 22.8 Å². The van der Waals surface area contributed by atoms with Gasteiger partial charge in [-0.05, 0) is 48.9 Å². The summed E-state index contributed by atoms with van der Waals surface area (Å²) >= 11 is 0. The molecule has 2 aliphatic rings. The lowest BCUT2D eigenvalue weighted by atomic mass is 9.77. The zero-order valence-corrected chi connectivity index (χ0v) is 19.1. The molecule has 2 aliphatic carbocycles. The lowest BCUT2D eigenvalue weighted by molar-refractivity contribution is -0.159.